The van der Waals surface area contributed by atoms with Gasteiger partial charge in [-0.2, -0.15) is 18.3 Å². The number of ether oxygens (including phenoxy) is 1. The smallest absolute Gasteiger partial charge is 0.442 e. The molecular weight excluding hydrogens is 277 g/mol. The first-order valence-electron chi connectivity index (χ1n) is 5.53. The number of hydrogen-bond donors (Lipinski definition) is 1. The summed E-state index contributed by atoms with van der Waals surface area (Å²) in [5, 5.41) is 2.81. The molecule has 1 aromatic carbocycles. The SMILES string of the molecule is CCOC(=O)/C(=N/NC(=O)c1ccccc1)C(F)(F)F. The third-order valence-electron chi connectivity index (χ3n) is 2.04. The van der Waals surface area contributed by atoms with Crippen LogP contribution in [0.2, 0.25) is 0 Å². The van der Waals surface area contributed by atoms with E-state index in [9.17, 15) is 22.8 Å². The fraction of sp³-hybridized carbons (Fsp3) is 0.250. The maximum atomic E-state index is 12.6. The minimum absolute atomic E-state index is 0.113. The number of nitrogens with one attached hydrogen (secondary N) is 1. The molecule has 0 aromatic heterocycles. The van der Waals surface area contributed by atoms with Crippen LogP contribution in [0.3, 0.4) is 0 Å². The number of benzene rings is 1. The van der Waals surface area contributed by atoms with E-state index in [1.165, 1.54) is 31.2 Å². The number of hydrogen-bond acceptors (Lipinski definition) is 4. The summed E-state index contributed by atoms with van der Waals surface area (Å²) < 4.78 is 41.9. The highest BCUT2D eigenvalue weighted by Crippen LogP contribution is 2.18. The summed E-state index contributed by atoms with van der Waals surface area (Å²) in [6.45, 7) is 1.12. The van der Waals surface area contributed by atoms with Gasteiger partial charge in [-0.3, -0.25) is 4.79 Å². The lowest BCUT2D eigenvalue weighted by Gasteiger charge is -2.09. The number of esters is 1. The van der Waals surface area contributed by atoms with Gasteiger partial charge in [0.25, 0.3) is 5.91 Å². The van der Waals surface area contributed by atoms with Gasteiger partial charge in [0.15, 0.2) is 0 Å². The molecule has 8 heteroatoms. The fourth-order valence-corrected chi connectivity index (χ4v) is 1.18. The summed E-state index contributed by atoms with van der Waals surface area (Å²) >= 11 is 0. The van der Waals surface area contributed by atoms with Crippen molar-refractivity contribution in [2.75, 3.05) is 6.61 Å². The van der Waals surface area contributed by atoms with Crippen LogP contribution in [0, 0.1) is 0 Å². The maximum Gasteiger partial charge on any atom is 0.442 e. The maximum absolute atomic E-state index is 12.6. The number of amides is 1. The largest absolute Gasteiger partial charge is 0.461 e. The van der Waals surface area contributed by atoms with Crippen molar-refractivity contribution in [3.05, 3.63) is 35.9 Å². The Morgan fingerprint density at radius 1 is 1.25 bits per heavy atom. The monoisotopic (exact) mass is 288 g/mol. The minimum Gasteiger partial charge on any atom is -0.461 e. The van der Waals surface area contributed by atoms with Crippen LogP contribution in [-0.2, 0) is 9.53 Å². The number of nitrogens with zero attached hydrogens (tertiary/aromatic N) is 1. The van der Waals surface area contributed by atoms with Crippen LogP contribution in [0.1, 0.15) is 17.3 Å². The zero-order valence-corrected chi connectivity index (χ0v) is 10.4. The summed E-state index contributed by atoms with van der Waals surface area (Å²) in [6, 6.07) is 7.49. The Kier molecular flexibility index (Phi) is 5.24. The van der Waals surface area contributed by atoms with Crippen molar-refractivity contribution in [1.82, 2.24) is 5.43 Å². The van der Waals surface area contributed by atoms with Gasteiger partial charge < -0.3 is 4.74 Å². The number of hydrazone groups is 1. The first-order chi connectivity index (χ1) is 9.36. The van der Waals surface area contributed by atoms with Gasteiger partial charge in [0.05, 0.1) is 6.61 Å². The van der Waals surface area contributed by atoms with Gasteiger partial charge in [-0.15, -0.1) is 0 Å². The van der Waals surface area contributed by atoms with Crippen molar-refractivity contribution in [3.8, 4) is 0 Å². The van der Waals surface area contributed by atoms with Crippen LogP contribution in [0.5, 0.6) is 0 Å². The van der Waals surface area contributed by atoms with Crippen LogP contribution in [-0.4, -0.2) is 30.4 Å². The molecule has 1 N–H and O–H groups in total. The molecule has 0 atom stereocenters. The third-order valence-corrected chi connectivity index (χ3v) is 2.04. The zero-order valence-electron chi connectivity index (χ0n) is 10.4. The summed E-state index contributed by atoms with van der Waals surface area (Å²) in [7, 11) is 0. The van der Waals surface area contributed by atoms with Crippen molar-refractivity contribution < 1.29 is 27.5 Å². The molecule has 1 amide bonds. The molecule has 20 heavy (non-hydrogen) atoms. The molecule has 0 unspecified atom stereocenters. The van der Waals surface area contributed by atoms with Gasteiger partial charge in [-0.25, -0.2) is 10.2 Å². The summed E-state index contributed by atoms with van der Waals surface area (Å²) in [4.78, 5) is 22.6. The molecule has 5 nitrogen and oxygen atoms in total. The Morgan fingerprint density at radius 2 is 1.85 bits per heavy atom. The van der Waals surface area contributed by atoms with Crippen molar-refractivity contribution in [3.63, 3.8) is 0 Å². The van der Waals surface area contributed by atoms with E-state index in [1.54, 1.807) is 11.5 Å². The number of carbonyl (C=O) groups excluding carboxylic acids is 2. The quantitative estimate of drug-likeness (QED) is 0.522. The second-order valence-electron chi connectivity index (χ2n) is 3.49. The lowest BCUT2D eigenvalue weighted by atomic mass is 10.2. The van der Waals surface area contributed by atoms with E-state index in [1.807, 2.05) is 0 Å². The second-order valence-corrected chi connectivity index (χ2v) is 3.49. The first kappa shape index (κ1) is 15.7. The lowest BCUT2D eigenvalue weighted by Crippen LogP contribution is -2.35. The lowest BCUT2D eigenvalue weighted by molar-refractivity contribution is -0.139. The standard InChI is InChI=1S/C12H11F3N2O3/c1-2-20-11(19)9(12(13,14)15)16-17-10(18)8-6-4-3-5-7-8/h3-7H,2H2,1H3,(H,17,18)/b16-9-. The van der Waals surface area contributed by atoms with Crippen LogP contribution >= 0.6 is 0 Å². The molecule has 0 radical (unpaired) electrons. The van der Waals surface area contributed by atoms with Gasteiger partial charge in [-0.05, 0) is 19.1 Å². The van der Waals surface area contributed by atoms with Crippen LogP contribution in [0.4, 0.5) is 13.2 Å². The minimum atomic E-state index is -5.02. The average Bonchev–Trinajstić information content (AvgIpc) is 2.38. The normalized spacial score (nSPS) is 11.9. The highest BCUT2D eigenvalue weighted by Gasteiger charge is 2.42. The van der Waals surface area contributed by atoms with Gasteiger partial charge in [0.2, 0.25) is 5.71 Å². The first-order valence-corrected chi connectivity index (χ1v) is 5.53. The van der Waals surface area contributed by atoms with Crippen molar-refractivity contribution in [1.29, 1.82) is 0 Å². The van der Waals surface area contributed by atoms with Gasteiger partial charge in [0, 0.05) is 5.56 Å². The predicted octanol–water partition coefficient (Wildman–Crippen LogP) is 1.90. The van der Waals surface area contributed by atoms with E-state index in [4.69, 9.17) is 0 Å². The molecule has 0 heterocycles. The molecular formula is C12H11F3N2O3. The van der Waals surface area contributed by atoms with E-state index in [2.05, 4.69) is 9.84 Å². The van der Waals surface area contributed by atoms with Crippen LogP contribution < -0.4 is 5.43 Å². The number of alkyl halides is 3. The van der Waals surface area contributed by atoms with E-state index in [0.29, 0.717) is 0 Å². The number of carbonyl (C=O) groups is 2. The Bertz CT molecular complexity index is 512. The predicted molar refractivity (Wildman–Crippen MR) is 64.0 cm³/mol. The number of halogens is 3. The Labute approximate surface area is 112 Å². The summed E-state index contributed by atoms with van der Waals surface area (Å²) in [5.41, 5.74) is -0.0304. The summed E-state index contributed by atoms with van der Waals surface area (Å²) in [6.07, 6.45) is -5.02. The molecule has 0 aliphatic carbocycles. The molecule has 0 aliphatic rings. The van der Waals surface area contributed by atoms with Crippen molar-refractivity contribution in [2.24, 2.45) is 5.10 Å². The van der Waals surface area contributed by atoms with Crippen molar-refractivity contribution >= 4 is 17.6 Å². The van der Waals surface area contributed by atoms with E-state index in [-0.39, 0.29) is 12.2 Å². The Morgan fingerprint density at radius 3 is 2.35 bits per heavy atom. The van der Waals surface area contributed by atoms with E-state index >= 15 is 0 Å². The molecule has 1 aromatic rings. The number of rotatable bonds is 4. The van der Waals surface area contributed by atoms with E-state index in [0.717, 1.165) is 0 Å². The Balaban J connectivity index is 2.88. The molecule has 1 rings (SSSR count). The highest BCUT2D eigenvalue weighted by molar-refractivity contribution is 6.38. The molecule has 0 spiro atoms. The molecule has 0 fully saturated rings. The van der Waals surface area contributed by atoms with Gasteiger partial charge >= 0.3 is 12.1 Å². The van der Waals surface area contributed by atoms with Crippen molar-refractivity contribution in [2.45, 2.75) is 13.1 Å². The van der Waals surface area contributed by atoms with E-state index < -0.39 is 23.8 Å². The zero-order chi connectivity index (χ0) is 15.2. The van der Waals surface area contributed by atoms with Crippen LogP contribution in [0.25, 0.3) is 0 Å². The molecule has 0 saturated heterocycles. The van der Waals surface area contributed by atoms with Gasteiger partial charge in [0.1, 0.15) is 0 Å². The van der Waals surface area contributed by atoms with Crippen LogP contribution in [0.15, 0.2) is 35.4 Å². The van der Waals surface area contributed by atoms with Gasteiger partial charge in [-0.1, -0.05) is 18.2 Å². The Hall–Kier alpha value is -2.38. The topological polar surface area (TPSA) is 67.8 Å². The highest BCUT2D eigenvalue weighted by atomic mass is 19.4. The third kappa shape index (κ3) is 4.38. The summed E-state index contributed by atoms with van der Waals surface area (Å²) in [5.74, 6) is -2.51. The molecule has 0 saturated carbocycles. The molecule has 0 aliphatic heterocycles. The average molecular weight is 288 g/mol. The molecule has 108 valence electrons. The fourth-order valence-electron chi connectivity index (χ4n) is 1.18. The molecule has 0 bridgehead atoms. The second kappa shape index (κ2) is 6.69.